The van der Waals surface area contributed by atoms with Gasteiger partial charge in [-0.15, -0.1) is 28.6 Å². The van der Waals surface area contributed by atoms with Gasteiger partial charge in [-0.25, -0.2) is 9.55 Å². The van der Waals surface area contributed by atoms with Crippen LogP contribution >= 0.6 is 0 Å². The van der Waals surface area contributed by atoms with E-state index >= 15 is 0 Å². The molecule has 11 aromatic rings. The van der Waals surface area contributed by atoms with Crippen molar-refractivity contribution in [3.05, 3.63) is 258 Å². The van der Waals surface area contributed by atoms with Crippen molar-refractivity contribution >= 4 is 32.8 Å². The monoisotopic (exact) mass is 1030 g/mol. The summed E-state index contributed by atoms with van der Waals surface area (Å²) in [5.74, 6) is 1.59. The Morgan fingerprint density at radius 1 is 0.500 bits per heavy atom. The summed E-state index contributed by atoms with van der Waals surface area (Å²) in [7, 11) is 0. The molecule has 0 amide bonds. The zero-order chi connectivity index (χ0) is 44.1. The van der Waals surface area contributed by atoms with Gasteiger partial charge in [-0.05, 0) is 80.9 Å². The molecule has 0 aliphatic rings. The van der Waals surface area contributed by atoms with Gasteiger partial charge in [0, 0.05) is 56.0 Å². The van der Waals surface area contributed by atoms with E-state index < -0.39 is 5.41 Å². The molecule has 324 valence electrons. The molecule has 11 rings (SSSR count). The van der Waals surface area contributed by atoms with E-state index in [2.05, 4.69) is 260 Å². The minimum absolute atomic E-state index is 0. The Morgan fingerprint density at radius 2 is 1.06 bits per heavy atom. The van der Waals surface area contributed by atoms with Crippen LogP contribution in [0.4, 0.5) is 0 Å². The molecule has 0 radical (unpaired) electrons. The van der Waals surface area contributed by atoms with E-state index in [1.807, 2.05) is 6.20 Å². The van der Waals surface area contributed by atoms with Crippen molar-refractivity contribution in [1.82, 2.24) is 18.7 Å². The summed E-state index contributed by atoms with van der Waals surface area (Å²) in [4.78, 5) is 5.15. The third-order valence-electron chi connectivity index (χ3n) is 13.1. The largest absolute Gasteiger partial charge is 0.319 e. The van der Waals surface area contributed by atoms with Crippen molar-refractivity contribution in [2.45, 2.75) is 44.9 Å². The van der Waals surface area contributed by atoms with Crippen LogP contribution < -0.4 is 0 Å². The predicted molar refractivity (Wildman–Crippen MR) is 269 cm³/mol. The molecule has 0 saturated carbocycles. The standard InChI is InChI=1S/C61H49N4.Pt/c1-42(2)51-29-19-30-52(43(3)4)60(51)44-36-37-62-59(38-44)65-55-31-15-14-28-53(55)54-35-34-48(40-58(54)65)61(45-20-8-5-9-21-45,46-22-10-6-11-23-46)47-24-18-27-50(39-47)64-41-63(49-25-12-7-13-26-49)56-32-16-17-33-57(56)64;/h5-38,41-43H,1-4H3;/q-1;. The summed E-state index contributed by atoms with van der Waals surface area (Å²) in [5.41, 5.74) is 15.0. The molecule has 0 atom stereocenters. The fraction of sp³-hybridized carbons (Fsp3) is 0.115. The number of para-hydroxylation sites is 4. The molecule has 4 nitrogen and oxygen atoms in total. The van der Waals surface area contributed by atoms with Gasteiger partial charge in [0.2, 0.25) is 0 Å². The predicted octanol–water partition coefficient (Wildman–Crippen LogP) is 15.1. The van der Waals surface area contributed by atoms with E-state index in [1.165, 1.54) is 22.3 Å². The molecule has 0 spiro atoms. The van der Waals surface area contributed by atoms with Crippen molar-refractivity contribution in [1.29, 1.82) is 0 Å². The number of hydrogen-bond acceptors (Lipinski definition) is 1. The van der Waals surface area contributed by atoms with E-state index in [0.717, 1.165) is 72.3 Å². The summed E-state index contributed by atoms with van der Waals surface area (Å²) >= 11 is 0. The summed E-state index contributed by atoms with van der Waals surface area (Å²) in [6, 6.07) is 80.1. The molecule has 0 saturated heterocycles. The molecule has 0 unspecified atom stereocenters. The van der Waals surface area contributed by atoms with Crippen molar-refractivity contribution in [3.63, 3.8) is 0 Å². The first kappa shape index (κ1) is 42.8. The number of imidazole rings is 1. The van der Waals surface area contributed by atoms with Crippen LogP contribution in [0.15, 0.2) is 213 Å². The van der Waals surface area contributed by atoms with E-state index in [9.17, 15) is 0 Å². The Morgan fingerprint density at radius 3 is 1.71 bits per heavy atom. The molecule has 5 heteroatoms. The average molecular weight is 1030 g/mol. The second kappa shape index (κ2) is 17.7. The maximum absolute atomic E-state index is 5.15. The number of fused-ring (bicyclic) bond motifs is 4. The number of benzene rings is 8. The maximum atomic E-state index is 5.15. The normalized spacial score (nSPS) is 11.8. The van der Waals surface area contributed by atoms with Crippen molar-refractivity contribution < 1.29 is 21.1 Å². The summed E-state index contributed by atoms with van der Waals surface area (Å²) in [6.07, 6.45) is 4.16. The molecule has 0 bridgehead atoms. The van der Waals surface area contributed by atoms with Crippen molar-refractivity contribution in [3.8, 4) is 28.3 Å². The Balaban J connectivity index is 0.00000511. The van der Waals surface area contributed by atoms with Crippen LogP contribution in [0.25, 0.3) is 61.2 Å². The number of nitrogens with zero attached hydrogens (tertiary/aromatic N) is 4. The fourth-order valence-corrected chi connectivity index (χ4v) is 10.2. The first-order valence-corrected chi connectivity index (χ1v) is 22.7. The first-order chi connectivity index (χ1) is 31.9. The Bertz CT molecular complexity index is 3430. The third kappa shape index (κ3) is 7.12. The molecular formula is C61H49N4Pt-. The first-order valence-electron chi connectivity index (χ1n) is 22.7. The van der Waals surface area contributed by atoms with Crippen LogP contribution in [0.2, 0.25) is 0 Å². The van der Waals surface area contributed by atoms with Gasteiger partial charge in [-0.3, -0.25) is 0 Å². The quantitative estimate of drug-likeness (QED) is 0.0991. The van der Waals surface area contributed by atoms with Crippen molar-refractivity contribution in [2.75, 3.05) is 0 Å². The minimum atomic E-state index is -0.815. The fourth-order valence-electron chi connectivity index (χ4n) is 10.2. The second-order valence-electron chi connectivity index (χ2n) is 17.6. The van der Waals surface area contributed by atoms with E-state index in [4.69, 9.17) is 4.98 Å². The average Bonchev–Trinajstić information content (AvgIpc) is 3.91. The molecular weight excluding hydrogens is 984 g/mol. The molecule has 0 N–H and O–H groups in total. The van der Waals surface area contributed by atoms with Gasteiger partial charge in [0.15, 0.2) is 17.4 Å². The van der Waals surface area contributed by atoms with Crippen LogP contribution in [0.1, 0.15) is 72.9 Å². The van der Waals surface area contributed by atoms with E-state index in [0.29, 0.717) is 11.8 Å². The SMILES string of the molecule is CC(C)c1cccc(C(C)C)c1-c1ccnc(-n2c3[c-]c(C(c4[c-]c(-n5[cH+]n(-c6ccccc6)c6ccccc65)ccc4)(c4ccccc4)c4ccccc4)ccc3c3ccccc32)c1.[Pt]. The number of pyridine rings is 1. The molecule has 0 aliphatic carbocycles. The maximum Gasteiger partial charge on any atom is 0.168 e. The van der Waals surface area contributed by atoms with Crippen LogP contribution in [0.5, 0.6) is 0 Å². The Kier molecular flexibility index (Phi) is 11.5. The number of hydrogen-bond donors (Lipinski definition) is 0. The molecule has 0 fully saturated rings. The minimum Gasteiger partial charge on any atom is -0.319 e. The molecule has 0 aliphatic heterocycles. The zero-order valence-electron chi connectivity index (χ0n) is 37.5. The van der Waals surface area contributed by atoms with Gasteiger partial charge in [0.05, 0.1) is 0 Å². The molecule has 8 aromatic carbocycles. The topological polar surface area (TPSA) is 27.7 Å². The van der Waals surface area contributed by atoms with Crippen LogP contribution in [-0.4, -0.2) is 18.7 Å². The van der Waals surface area contributed by atoms with E-state index in [1.54, 1.807) is 0 Å². The van der Waals surface area contributed by atoms with Crippen LogP contribution in [0, 0.1) is 12.1 Å². The van der Waals surface area contributed by atoms with Crippen LogP contribution in [0.3, 0.4) is 0 Å². The van der Waals surface area contributed by atoms with Gasteiger partial charge >= 0.3 is 0 Å². The van der Waals surface area contributed by atoms with Gasteiger partial charge in [0.25, 0.3) is 0 Å². The van der Waals surface area contributed by atoms with E-state index in [-0.39, 0.29) is 21.1 Å². The Hall–Kier alpha value is -7.13. The number of rotatable bonds is 10. The summed E-state index contributed by atoms with van der Waals surface area (Å²) in [6.45, 7) is 9.15. The summed E-state index contributed by atoms with van der Waals surface area (Å²) in [5, 5.41) is 2.28. The summed E-state index contributed by atoms with van der Waals surface area (Å²) < 4.78 is 6.84. The third-order valence-corrected chi connectivity index (χ3v) is 13.1. The smallest absolute Gasteiger partial charge is 0.168 e. The molecule has 66 heavy (non-hydrogen) atoms. The molecule has 3 aromatic heterocycles. The zero-order valence-corrected chi connectivity index (χ0v) is 39.7. The Labute approximate surface area is 401 Å². The van der Waals surface area contributed by atoms with Gasteiger partial charge in [0.1, 0.15) is 11.5 Å². The number of aromatic nitrogens is 4. The van der Waals surface area contributed by atoms with Crippen LogP contribution in [-0.2, 0) is 26.5 Å². The van der Waals surface area contributed by atoms with Gasteiger partial charge in [-0.1, -0.05) is 161 Å². The van der Waals surface area contributed by atoms with Gasteiger partial charge in [-0.2, -0.15) is 34.9 Å². The van der Waals surface area contributed by atoms with Gasteiger partial charge < -0.3 is 4.57 Å². The molecule has 3 heterocycles. The van der Waals surface area contributed by atoms with Crippen molar-refractivity contribution in [2.24, 2.45) is 0 Å². The second-order valence-corrected chi connectivity index (χ2v) is 17.6.